The fourth-order valence-corrected chi connectivity index (χ4v) is 2.92. The number of rotatable bonds is 1. The number of hydrogen-bond acceptors (Lipinski definition) is 3. The van der Waals surface area contributed by atoms with E-state index in [-0.39, 0.29) is 11.9 Å². The molecule has 0 spiro atoms. The molecule has 0 unspecified atom stereocenters. The van der Waals surface area contributed by atoms with Crippen LogP contribution in [0.25, 0.3) is 0 Å². The van der Waals surface area contributed by atoms with Crippen molar-refractivity contribution < 1.29 is 9.53 Å². The zero-order chi connectivity index (χ0) is 9.42. The summed E-state index contributed by atoms with van der Waals surface area (Å²) in [6.07, 6.45) is 4.35. The Bertz CT molecular complexity index is 217. The fourth-order valence-electron chi connectivity index (χ4n) is 2.92. The van der Waals surface area contributed by atoms with Gasteiger partial charge in [-0.3, -0.25) is 4.79 Å². The standard InChI is InChI=1S/C10H17NO2/c1-13-10(12)8-4-7-3-2-6(8)5-9(7)11/h6-9H,2-5,11H2,1H3/t6-,7-,8-,9+/m1/s1. The number of fused-ring (bicyclic) bond motifs is 3. The minimum Gasteiger partial charge on any atom is -0.469 e. The molecule has 74 valence electrons. The van der Waals surface area contributed by atoms with Crippen LogP contribution in [0.5, 0.6) is 0 Å². The van der Waals surface area contributed by atoms with Crippen LogP contribution < -0.4 is 5.73 Å². The Kier molecular flexibility index (Phi) is 2.28. The van der Waals surface area contributed by atoms with Crippen LogP contribution in [-0.2, 0) is 9.53 Å². The molecular formula is C10H17NO2. The van der Waals surface area contributed by atoms with E-state index in [2.05, 4.69) is 0 Å². The van der Waals surface area contributed by atoms with Gasteiger partial charge < -0.3 is 10.5 Å². The monoisotopic (exact) mass is 183 g/mol. The molecule has 0 amide bonds. The normalized spacial score (nSPS) is 43.2. The molecule has 3 fully saturated rings. The third-order valence-electron chi connectivity index (χ3n) is 3.72. The van der Waals surface area contributed by atoms with Crippen LogP contribution in [0.4, 0.5) is 0 Å². The van der Waals surface area contributed by atoms with Gasteiger partial charge in [-0.05, 0) is 37.5 Å². The lowest BCUT2D eigenvalue weighted by Crippen LogP contribution is -2.47. The Hall–Kier alpha value is -0.570. The molecule has 3 heteroatoms. The highest BCUT2D eigenvalue weighted by atomic mass is 16.5. The molecule has 3 saturated carbocycles. The van der Waals surface area contributed by atoms with Crippen LogP contribution in [0.2, 0.25) is 0 Å². The van der Waals surface area contributed by atoms with Crippen LogP contribution in [0.3, 0.4) is 0 Å². The maximum atomic E-state index is 11.4. The van der Waals surface area contributed by atoms with Gasteiger partial charge in [-0.15, -0.1) is 0 Å². The minimum absolute atomic E-state index is 0.0263. The van der Waals surface area contributed by atoms with Crippen LogP contribution in [0.1, 0.15) is 25.7 Å². The van der Waals surface area contributed by atoms with Gasteiger partial charge in [0.2, 0.25) is 0 Å². The topological polar surface area (TPSA) is 52.3 Å². The Morgan fingerprint density at radius 2 is 2.00 bits per heavy atom. The van der Waals surface area contributed by atoms with Gasteiger partial charge in [0.25, 0.3) is 0 Å². The van der Waals surface area contributed by atoms with Crippen molar-refractivity contribution in [3.05, 3.63) is 0 Å². The molecule has 2 N–H and O–H groups in total. The molecule has 3 nitrogen and oxygen atoms in total. The van der Waals surface area contributed by atoms with Gasteiger partial charge in [0.15, 0.2) is 0 Å². The molecule has 0 aromatic rings. The number of methoxy groups -OCH3 is 1. The lowest BCUT2D eigenvalue weighted by atomic mass is 9.62. The van der Waals surface area contributed by atoms with Crippen LogP contribution in [0.15, 0.2) is 0 Å². The zero-order valence-electron chi connectivity index (χ0n) is 8.03. The van der Waals surface area contributed by atoms with E-state index < -0.39 is 0 Å². The number of carbonyl (C=O) groups excluding carboxylic acids is 1. The number of carbonyl (C=O) groups is 1. The second kappa shape index (κ2) is 3.29. The molecule has 13 heavy (non-hydrogen) atoms. The lowest BCUT2D eigenvalue weighted by Gasteiger charge is -2.44. The summed E-state index contributed by atoms with van der Waals surface area (Å²) in [4.78, 5) is 11.4. The number of hydrogen-bond donors (Lipinski definition) is 1. The molecule has 0 aromatic heterocycles. The average molecular weight is 183 g/mol. The second-order valence-corrected chi connectivity index (χ2v) is 4.36. The van der Waals surface area contributed by atoms with E-state index in [0.717, 1.165) is 19.3 Å². The van der Waals surface area contributed by atoms with Gasteiger partial charge in [-0.1, -0.05) is 0 Å². The van der Waals surface area contributed by atoms with Crippen molar-refractivity contribution >= 4 is 5.97 Å². The van der Waals surface area contributed by atoms with E-state index in [1.165, 1.54) is 13.5 Å². The van der Waals surface area contributed by atoms with E-state index in [4.69, 9.17) is 10.5 Å². The van der Waals surface area contributed by atoms with Crippen molar-refractivity contribution in [3.8, 4) is 0 Å². The fraction of sp³-hybridized carbons (Fsp3) is 0.900. The van der Waals surface area contributed by atoms with Crippen molar-refractivity contribution in [2.24, 2.45) is 23.5 Å². The quantitative estimate of drug-likeness (QED) is 0.615. The van der Waals surface area contributed by atoms with Crippen molar-refractivity contribution in [3.63, 3.8) is 0 Å². The summed E-state index contributed by atoms with van der Waals surface area (Å²) in [5, 5.41) is 0. The van der Waals surface area contributed by atoms with Crippen molar-refractivity contribution in [2.45, 2.75) is 31.7 Å². The van der Waals surface area contributed by atoms with Crippen molar-refractivity contribution in [2.75, 3.05) is 7.11 Å². The Labute approximate surface area is 78.6 Å². The van der Waals surface area contributed by atoms with Gasteiger partial charge in [-0.2, -0.15) is 0 Å². The van der Waals surface area contributed by atoms with E-state index in [0.29, 0.717) is 17.9 Å². The van der Waals surface area contributed by atoms with Crippen molar-refractivity contribution in [1.29, 1.82) is 0 Å². The predicted molar refractivity (Wildman–Crippen MR) is 48.9 cm³/mol. The molecule has 3 aliphatic carbocycles. The molecule has 0 radical (unpaired) electrons. The number of nitrogens with two attached hydrogens (primary N) is 1. The maximum Gasteiger partial charge on any atom is 0.308 e. The van der Waals surface area contributed by atoms with Gasteiger partial charge in [-0.25, -0.2) is 0 Å². The average Bonchev–Trinajstić information content (AvgIpc) is 2.17. The third-order valence-corrected chi connectivity index (χ3v) is 3.72. The Balaban J connectivity index is 2.06. The minimum atomic E-state index is -0.0263. The van der Waals surface area contributed by atoms with Gasteiger partial charge in [0.05, 0.1) is 13.0 Å². The first-order valence-electron chi connectivity index (χ1n) is 5.05. The number of esters is 1. The summed E-state index contributed by atoms with van der Waals surface area (Å²) in [7, 11) is 1.48. The summed E-state index contributed by atoms with van der Waals surface area (Å²) in [5.41, 5.74) is 5.97. The Morgan fingerprint density at radius 3 is 2.46 bits per heavy atom. The molecule has 2 bridgehead atoms. The molecule has 3 aliphatic rings. The summed E-state index contributed by atoms with van der Waals surface area (Å²) >= 11 is 0. The largest absolute Gasteiger partial charge is 0.469 e. The first-order chi connectivity index (χ1) is 6.22. The zero-order valence-corrected chi connectivity index (χ0v) is 8.03. The highest BCUT2D eigenvalue weighted by molar-refractivity contribution is 5.73. The second-order valence-electron chi connectivity index (χ2n) is 4.36. The highest BCUT2D eigenvalue weighted by Crippen LogP contribution is 2.44. The molecule has 0 aromatic carbocycles. The first kappa shape index (κ1) is 9.00. The molecule has 4 atom stereocenters. The third kappa shape index (κ3) is 1.46. The van der Waals surface area contributed by atoms with Crippen molar-refractivity contribution in [1.82, 2.24) is 0 Å². The van der Waals surface area contributed by atoms with Gasteiger partial charge >= 0.3 is 5.97 Å². The SMILES string of the molecule is COC(=O)[C@@H]1C[C@H]2CC[C@@H]1C[C@@H]2N. The smallest absolute Gasteiger partial charge is 0.308 e. The lowest BCUT2D eigenvalue weighted by molar-refractivity contribution is -0.151. The van der Waals surface area contributed by atoms with E-state index in [9.17, 15) is 4.79 Å². The van der Waals surface area contributed by atoms with E-state index in [1.807, 2.05) is 0 Å². The molecule has 0 saturated heterocycles. The summed E-state index contributed by atoms with van der Waals surface area (Å²) in [6, 6.07) is 0.333. The van der Waals surface area contributed by atoms with Crippen LogP contribution in [-0.4, -0.2) is 19.1 Å². The highest BCUT2D eigenvalue weighted by Gasteiger charge is 2.43. The Morgan fingerprint density at radius 1 is 1.31 bits per heavy atom. The van der Waals surface area contributed by atoms with E-state index >= 15 is 0 Å². The summed E-state index contributed by atoms with van der Waals surface area (Å²) in [5.74, 6) is 1.17. The van der Waals surface area contributed by atoms with E-state index in [1.54, 1.807) is 0 Å². The predicted octanol–water partition coefficient (Wildman–Crippen LogP) is 0.923. The van der Waals surface area contributed by atoms with Gasteiger partial charge in [0.1, 0.15) is 0 Å². The van der Waals surface area contributed by atoms with Crippen LogP contribution >= 0.6 is 0 Å². The molecule has 0 heterocycles. The first-order valence-corrected chi connectivity index (χ1v) is 5.05. The van der Waals surface area contributed by atoms with Gasteiger partial charge in [0, 0.05) is 6.04 Å². The summed E-state index contributed by atoms with van der Waals surface area (Å²) < 4.78 is 4.80. The molecule has 3 rings (SSSR count). The maximum absolute atomic E-state index is 11.4. The molecular weight excluding hydrogens is 166 g/mol. The molecule has 0 aliphatic heterocycles. The van der Waals surface area contributed by atoms with Crippen LogP contribution in [0, 0.1) is 17.8 Å². The summed E-state index contributed by atoms with van der Waals surface area (Å²) in [6.45, 7) is 0. The number of ether oxygens (including phenoxy) is 1.